The summed E-state index contributed by atoms with van der Waals surface area (Å²) >= 11 is 6.51. The molecule has 1 saturated carbocycles. The summed E-state index contributed by atoms with van der Waals surface area (Å²) in [6.07, 6.45) is 1.15. The van der Waals surface area contributed by atoms with E-state index in [1.54, 1.807) is 11.0 Å². The van der Waals surface area contributed by atoms with Crippen molar-refractivity contribution < 1.29 is 27.9 Å². The smallest absolute Gasteiger partial charge is 0.371 e. The molecule has 0 bridgehead atoms. The summed E-state index contributed by atoms with van der Waals surface area (Å²) in [4.78, 5) is 30.9. The van der Waals surface area contributed by atoms with Crippen LogP contribution >= 0.6 is 11.6 Å². The van der Waals surface area contributed by atoms with Gasteiger partial charge in [-0.15, -0.1) is 0 Å². The molecule has 3 aliphatic rings. The van der Waals surface area contributed by atoms with Crippen molar-refractivity contribution in [3.63, 3.8) is 0 Å². The number of aliphatic hydroxyl groups is 1. The van der Waals surface area contributed by atoms with Gasteiger partial charge in [-0.25, -0.2) is 0 Å². The molecule has 2 saturated heterocycles. The number of piperidine rings is 2. The minimum absolute atomic E-state index is 0.0429. The Morgan fingerprint density at radius 3 is 2.05 bits per heavy atom. The van der Waals surface area contributed by atoms with Crippen molar-refractivity contribution >= 4 is 29.1 Å². The molecule has 0 spiro atoms. The highest BCUT2D eigenvalue weighted by Crippen LogP contribution is 2.42. The molecule has 222 valence electrons. The third kappa shape index (κ3) is 6.21. The fourth-order valence-electron chi connectivity index (χ4n) is 6.28. The van der Waals surface area contributed by atoms with Crippen LogP contribution in [0.3, 0.4) is 0 Å². The molecule has 2 aromatic rings. The minimum Gasteiger partial charge on any atom is -0.371 e. The van der Waals surface area contributed by atoms with Crippen LogP contribution in [0.4, 0.5) is 18.9 Å². The number of nitrogens with zero attached hydrogens (tertiary/aromatic N) is 3. The highest BCUT2D eigenvalue weighted by molar-refractivity contribution is 6.34. The van der Waals surface area contributed by atoms with Crippen LogP contribution in [-0.2, 0) is 10.4 Å². The molecule has 2 aliphatic heterocycles. The van der Waals surface area contributed by atoms with Crippen molar-refractivity contribution in [2.45, 2.75) is 62.8 Å². The number of hydrogen-bond acceptors (Lipinski definition) is 4. The van der Waals surface area contributed by atoms with Crippen molar-refractivity contribution in [3.8, 4) is 0 Å². The number of carbonyl (C=O) groups is 2. The Balaban J connectivity index is 1.11. The Morgan fingerprint density at radius 2 is 1.51 bits per heavy atom. The van der Waals surface area contributed by atoms with Gasteiger partial charge in [-0.3, -0.25) is 9.59 Å². The summed E-state index contributed by atoms with van der Waals surface area (Å²) in [5, 5.41) is 11.1. The first-order valence-electron chi connectivity index (χ1n) is 14.4. The van der Waals surface area contributed by atoms with E-state index in [9.17, 15) is 27.9 Å². The zero-order valence-electron chi connectivity index (χ0n) is 23.2. The van der Waals surface area contributed by atoms with E-state index in [1.165, 1.54) is 17.0 Å². The van der Waals surface area contributed by atoms with Gasteiger partial charge >= 0.3 is 6.18 Å². The number of anilines is 1. The molecule has 3 fully saturated rings. The average Bonchev–Trinajstić information content (AvgIpc) is 3.82. The van der Waals surface area contributed by atoms with Gasteiger partial charge in [0.25, 0.3) is 17.4 Å². The summed E-state index contributed by atoms with van der Waals surface area (Å²) in [6, 6.07) is 12.6. The second-order valence-corrected chi connectivity index (χ2v) is 12.2. The topological polar surface area (TPSA) is 64.1 Å². The van der Waals surface area contributed by atoms with Gasteiger partial charge in [0.1, 0.15) is 0 Å². The first-order valence-corrected chi connectivity index (χ1v) is 14.8. The zero-order chi connectivity index (χ0) is 29.4. The first kappa shape index (κ1) is 29.7. The van der Waals surface area contributed by atoms with E-state index < -0.39 is 23.2 Å². The van der Waals surface area contributed by atoms with Gasteiger partial charge < -0.3 is 19.8 Å². The number of rotatable bonds is 7. The second kappa shape index (κ2) is 11.8. The number of halogens is 4. The molecule has 41 heavy (non-hydrogen) atoms. The predicted octanol–water partition coefficient (Wildman–Crippen LogP) is 5.87. The molecule has 2 heterocycles. The SMILES string of the molecule is CN(C(=O)c1ccc(N2CCC(CC3CCN(C(=O)[C@](O)(c4ccccc4)C(F)(F)F)CC3)CC2)cc1Cl)C1CC1. The summed E-state index contributed by atoms with van der Waals surface area (Å²) < 4.78 is 41.8. The van der Waals surface area contributed by atoms with E-state index in [0.717, 1.165) is 63.0 Å². The number of benzene rings is 2. The lowest BCUT2D eigenvalue weighted by atomic mass is 9.82. The standard InChI is InChI=1S/C31H37ClF3N3O3/c1-36(24-7-8-24)28(39)26-10-9-25(20-27(26)32)37-15-11-21(12-16-37)19-22-13-17-38(18-14-22)29(40)30(41,31(33,34)35)23-5-3-2-4-6-23/h2-6,9-10,20-22,24,41H,7-8,11-19H2,1H3/t30-/m1/s1. The molecule has 6 nitrogen and oxygen atoms in total. The van der Waals surface area contributed by atoms with Gasteiger partial charge in [0, 0.05) is 50.5 Å². The molecule has 0 unspecified atom stereocenters. The van der Waals surface area contributed by atoms with E-state index in [4.69, 9.17) is 11.6 Å². The van der Waals surface area contributed by atoms with Gasteiger partial charge in [0.05, 0.1) is 10.6 Å². The third-order valence-electron chi connectivity index (χ3n) is 9.06. The Morgan fingerprint density at radius 1 is 0.927 bits per heavy atom. The van der Waals surface area contributed by atoms with E-state index in [0.29, 0.717) is 41.3 Å². The highest BCUT2D eigenvalue weighted by atomic mass is 35.5. The number of carbonyl (C=O) groups excluding carboxylic acids is 2. The normalized spacial score (nSPS) is 20.5. The van der Waals surface area contributed by atoms with Crippen LogP contribution in [0, 0.1) is 11.8 Å². The van der Waals surface area contributed by atoms with Gasteiger partial charge in [-0.05, 0) is 75.0 Å². The van der Waals surface area contributed by atoms with Gasteiger partial charge in [-0.1, -0.05) is 41.9 Å². The Bertz CT molecular complexity index is 1240. The van der Waals surface area contributed by atoms with Crippen LogP contribution in [0.1, 0.15) is 60.9 Å². The molecule has 1 N–H and O–H groups in total. The van der Waals surface area contributed by atoms with E-state index >= 15 is 0 Å². The van der Waals surface area contributed by atoms with Gasteiger partial charge in [-0.2, -0.15) is 13.2 Å². The monoisotopic (exact) mass is 591 g/mol. The molecule has 5 rings (SSSR count). The number of likely N-dealkylation sites (tertiary alicyclic amines) is 1. The van der Waals surface area contributed by atoms with Crippen LogP contribution in [0.5, 0.6) is 0 Å². The van der Waals surface area contributed by atoms with Crippen molar-refractivity contribution in [2.24, 2.45) is 11.8 Å². The van der Waals surface area contributed by atoms with Crippen LogP contribution in [0.15, 0.2) is 48.5 Å². The maximum absolute atomic E-state index is 13.9. The zero-order valence-corrected chi connectivity index (χ0v) is 24.0. The van der Waals surface area contributed by atoms with Gasteiger partial charge in [0.2, 0.25) is 0 Å². The summed E-state index contributed by atoms with van der Waals surface area (Å²) in [7, 11) is 1.82. The molecule has 1 aliphatic carbocycles. The van der Waals surface area contributed by atoms with Crippen molar-refractivity contribution in [3.05, 3.63) is 64.7 Å². The quantitative estimate of drug-likeness (QED) is 0.437. The molecule has 2 aromatic carbocycles. The van der Waals surface area contributed by atoms with Crippen LogP contribution in [0.25, 0.3) is 0 Å². The Labute approximate surface area is 244 Å². The van der Waals surface area contributed by atoms with Crippen molar-refractivity contribution in [2.75, 3.05) is 38.1 Å². The highest BCUT2D eigenvalue weighted by Gasteiger charge is 2.62. The van der Waals surface area contributed by atoms with Crippen molar-refractivity contribution in [1.29, 1.82) is 0 Å². The Hall–Kier alpha value is -2.78. The summed E-state index contributed by atoms with van der Waals surface area (Å²) in [5.41, 5.74) is -2.47. The number of hydrogen-bond donors (Lipinski definition) is 1. The average molecular weight is 592 g/mol. The molecule has 0 aromatic heterocycles. The van der Waals surface area contributed by atoms with E-state index in [2.05, 4.69) is 4.90 Å². The fraction of sp³-hybridized carbons (Fsp3) is 0.548. The summed E-state index contributed by atoms with van der Waals surface area (Å²) in [6.45, 7) is 2.13. The lowest BCUT2D eigenvalue weighted by molar-refractivity contribution is -0.262. The van der Waals surface area contributed by atoms with Crippen LogP contribution in [0.2, 0.25) is 5.02 Å². The lowest BCUT2D eigenvalue weighted by Gasteiger charge is -2.40. The first-order chi connectivity index (χ1) is 19.5. The van der Waals surface area contributed by atoms with Gasteiger partial charge in [0.15, 0.2) is 0 Å². The Kier molecular flexibility index (Phi) is 8.58. The molecular weight excluding hydrogens is 555 g/mol. The largest absolute Gasteiger partial charge is 0.430 e. The minimum atomic E-state index is -5.12. The molecular formula is C31H37ClF3N3O3. The second-order valence-electron chi connectivity index (χ2n) is 11.8. The number of alkyl halides is 3. The molecule has 1 atom stereocenters. The predicted molar refractivity (Wildman–Crippen MR) is 152 cm³/mol. The number of amides is 2. The molecule has 2 amide bonds. The molecule has 0 radical (unpaired) electrons. The summed E-state index contributed by atoms with van der Waals surface area (Å²) in [5.74, 6) is -0.514. The van der Waals surface area contributed by atoms with E-state index in [1.807, 2.05) is 25.2 Å². The van der Waals surface area contributed by atoms with Crippen molar-refractivity contribution in [1.82, 2.24) is 9.80 Å². The third-order valence-corrected chi connectivity index (χ3v) is 9.37. The van der Waals surface area contributed by atoms with E-state index in [-0.39, 0.29) is 19.0 Å². The fourth-order valence-corrected chi connectivity index (χ4v) is 6.53. The van der Waals surface area contributed by atoms with Crippen LogP contribution < -0.4 is 4.90 Å². The maximum atomic E-state index is 13.9. The van der Waals surface area contributed by atoms with Crippen LogP contribution in [-0.4, -0.2) is 72.2 Å². The molecule has 10 heteroatoms. The lowest BCUT2D eigenvalue weighted by Crippen LogP contribution is -2.57. The maximum Gasteiger partial charge on any atom is 0.430 e.